The predicted molar refractivity (Wildman–Crippen MR) is 92.5 cm³/mol. The Morgan fingerprint density at radius 1 is 1.48 bits per heavy atom. The highest BCUT2D eigenvalue weighted by molar-refractivity contribution is 6.48. The Morgan fingerprint density at radius 3 is 2.87 bits per heavy atom. The first kappa shape index (κ1) is 17.3. The minimum absolute atomic E-state index is 0.165. The molecule has 2 N–H and O–H groups in total. The van der Waals surface area contributed by atoms with Crippen molar-refractivity contribution in [2.24, 2.45) is 9.98 Å². The number of methoxy groups -OCH3 is 1. The van der Waals surface area contributed by atoms with E-state index >= 15 is 0 Å². The molecule has 1 aromatic rings. The number of aliphatic imine (C=N–C) groups is 2. The minimum atomic E-state index is -1.28. The van der Waals surface area contributed by atoms with Crippen molar-refractivity contribution in [3.8, 4) is 5.75 Å². The zero-order valence-electron chi connectivity index (χ0n) is 13.3. The minimum Gasteiger partial charge on any atom is -0.497 e. The number of benzene rings is 1. The van der Waals surface area contributed by atoms with Crippen LogP contribution in [0.1, 0.15) is 18.9 Å². The number of halogens is 1. The van der Waals surface area contributed by atoms with Crippen molar-refractivity contribution in [1.29, 1.82) is 0 Å². The summed E-state index contributed by atoms with van der Waals surface area (Å²) < 4.78 is 5.13. The Labute approximate surface area is 141 Å². The van der Waals surface area contributed by atoms with E-state index in [1.807, 2.05) is 31.2 Å². The molecule has 0 aromatic heterocycles. The second-order valence-corrected chi connectivity index (χ2v) is 5.83. The lowest BCUT2D eigenvalue weighted by Gasteiger charge is -2.28. The SMILES string of the molecule is CCCNC(=O)C1(Cl)CN=CNC1=NCc1ccc(OC)cc1. The van der Waals surface area contributed by atoms with E-state index in [1.54, 1.807) is 7.11 Å². The molecule has 1 aliphatic rings. The summed E-state index contributed by atoms with van der Waals surface area (Å²) in [5, 5.41) is 5.70. The summed E-state index contributed by atoms with van der Waals surface area (Å²) in [5.74, 6) is 0.924. The number of hydrogen-bond acceptors (Lipinski definition) is 4. The van der Waals surface area contributed by atoms with Crippen molar-refractivity contribution in [3.05, 3.63) is 29.8 Å². The number of alkyl halides is 1. The molecule has 0 saturated heterocycles. The van der Waals surface area contributed by atoms with Gasteiger partial charge in [0.2, 0.25) is 0 Å². The largest absolute Gasteiger partial charge is 0.497 e. The molecule has 1 unspecified atom stereocenters. The molecule has 0 saturated carbocycles. The van der Waals surface area contributed by atoms with Crippen LogP contribution >= 0.6 is 11.6 Å². The summed E-state index contributed by atoms with van der Waals surface area (Å²) in [4.78, 5) is 19.6. The zero-order chi connectivity index (χ0) is 16.7. The van der Waals surface area contributed by atoms with Crippen LogP contribution in [0.5, 0.6) is 5.75 Å². The molecule has 0 spiro atoms. The summed E-state index contributed by atoms with van der Waals surface area (Å²) in [6.07, 6.45) is 2.36. The second kappa shape index (κ2) is 7.97. The maximum absolute atomic E-state index is 12.3. The molecule has 6 nitrogen and oxygen atoms in total. The van der Waals surface area contributed by atoms with Gasteiger partial charge in [-0.05, 0) is 24.1 Å². The standard InChI is InChI=1S/C16H21ClN4O2/c1-3-8-19-15(22)16(17)10-18-11-21-14(16)20-9-12-4-6-13(23-2)7-5-12/h4-7,11H,3,8-10H2,1-2H3,(H,19,22)(H,18,20,21). The molecule has 0 bridgehead atoms. The topological polar surface area (TPSA) is 75.1 Å². The monoisotopic (exact) mass is 336 g/mol. The average Bonchev–Trinajstić information content (AvgIpc) is 2.59. The molecule has 0 aliphatic carbocycles. The van der Waals surface area contributed by atoms with Gasteiger partial charge in [-0.25, -0.2) is 0 Å². The van der Waals surface area contributed by atoms with Crippen molar-refractivity contribution in [2.75, 3.05) is 20.2 Å². The predicted octanol–water partition coefficient (Wildman–Crippen LogP) is 1.73. The third kappa shape index (κ3) is 4.22. The van der Waals surface area contributed by atoms with Crippen LogP contribution in [0.3, 0.4) is 0 Å². The maximum Gasteiger partial charge on any atom is 0.250 e. The van der Waals surface area contributed by atoms with Gasteiger partial charge in [0.1, 0.15) is 11.6 Å². The van der Waals surface area contributed by atoms with Crippen LogP contribution in [-0.2, 0) is 11.3 Å². The van der Waals surface area contributed by atoms with E-state index in [4.69, 9.17) is 16.3 Å². The molecule has 1 aliphatic heterocycles. The molecule has 2 rings (SSSR count). The fourth-order valence-corrected chi connectivity index (χ4v) is 2.35. The van der Waals surface area contributed by atoms with Crippen molar-refractivity contribution in [3.63, 3.8) is 0 Å². The number of amides is 1. The lowest BCUT2D eigenvalue weighted by Crippen LogP contribution is -2.57. The van der Waals surface area contributed by atoms with Gasteiger partial charge in [-0.15, -0.1) is 0 Å². The van der Waals surface area contributed by atoms with E-state index in [0.29, 0.717) is 18.9 Å². The van der Waals surface area contributed by atoms with E-state index in [9.17, 15) is 4.79 Å². The number of carbonyl (C=O) groups is 1. The van der Waals surface area contributed by atoms with Gasteiger partial charge >= 0.3 is 0 Å². The first-order valence-corrected chi connectivity index (χ1v) is 7.88. The maximum atomic E-state index is 12.3. The molecule has 124 valence electrons. The second-order valence-electron chi connectivity index (χ2n) is 5.18. The van der Waals surface area contributed by atoms with Crippen molar-refractivity contribution < 1.29 is 9.53 Å². The van der Waals surface area contributed by atoms with Gasteiger partial charge in [-0.1, -0.05) is 30.7 Å². The lowest BCUT2D eigenvalue weighted by atomic mass is 10.1. The molecule has 1 aromatic carbocycles. The van der Waals surface area contributed by atoms with E-state index in [2.05, 4.69) is 20.6 Å². The molecule has 23 heavy (non-hydrogen) atoms. The van der Waals surface area contributed by atoms with Crippen LogP contribution in [0.15, 0.2) is 34.3 Å². The van der Waals surface area contributed by atoms with Crippen LogP contribution in [-0.4, -0.2) is 43.2 Å². The molecule has 0 fully saturated rings. The molecule has 1 atom stereocenters. The van der Waals surface area contributed by atoms with E-state index in [1.165, 1.54) is 6.34 Å². The quantitative estimate of drug-likeness (QED) is 0.777. The van der Waals surface area contributed by atoms with E-state index < -0.39 is 4.87 Å². The highest BCUT2D eigenvalue weighted by Gasteiger charge is 2.43. The summed E-state index contributed by atoms with van der Waals surface area (Å²) in [6, 6.07) is 7.58. The number of nitrogens with zero attached hydrogens (tertiary/aromatic N) is 2. The van der Waals surface area contributed by atoms with Gasteiger partial charge in [0, 0.05) is 6.54 Å². The Bertz CT molecular complexity index is 601. The Kier molecular flexibility index (Phi) is 5.98. The van der Waals surface area contributed by atoms with Crippen molar-refractivity contribution in [2.45, 2.75) is 24.8 Å². The summed E-state index contributed by atoms with van der Waals surface area (Å²) >= 11 is 6.50. The Morgan fingerprint density at radius 2 is 2.22 bits per heavy atom. The number of carbonyl (C=O) groups excluding carboxylic acids is 1. The highest BCUT2D eigenvalue weighted by Crippen LogP contribution is 2.21. The van der Waals surface area contributed by atoms with E-state index in [0.717, 1.165) is 17.7 Å². The molecule has 1 amide bonds. The van der Waals surface area contributed by atoms with Gasteiger partial charge < -0.3 is 15.4 Å². The molecule has 0 radical (unpaired) electrons. The molecule has 1 heterocycles. The van der Waals surface area contributed by atoms with Gasteiger partial charge in [-0.3, -0.25) is 14.8 Å². The van der Waals surface area contributed by atoms with Crippen molar-refractivity contribution >= 4 is 29.7 Å². The number of nitrogens with one attached hydrogen (secondary N) is 2. The zero-order valence-corrected chi connectivity index (χ0v) is 14.1. The third-order valence-corrected chi connectivity index (χ3v) is 3.92. The highest BCUT2D eigenvalue weighted by atomic mass is 35.5. The number of ether oxygens (including phenoxy) is 1. The lowest BCUT2D eigenvalue weighted by molar-refractivity contribution is -0.121. The first-order chi connectivity index (χ1) is 11.1. The van der Waals surface area contributed by atoms with Crippen LogP contribution in [0.25, 0.3) is 0 Å². The van der Waals surface area contributed by atoms with Crippen molar-refractivity contribution in [1.82, 2.24) is 10.6 Å². The van der Waals surface area contributed by atoms with Gasteiger partial charge in [0.25, 0.3) is 5.91 Å². The Balaban J connectivity index is 2.13. The number of hydrogen-bond donors (Lipinski definition) is 2. The first-order valence-electron chi connectivity index (χ1n) is 7.50. The van der Waals surface area contributed by atoms with E-state index in [-0.39, 0.29) is 12.5 Å². The smallest absolute Gasteiger partial charge is 0.250 e. The summed E-state index contributed by atoms with van der Waals surface area (Å²) in [7, 11) is 1.62. The average molecular weight is 337 g/mol. The fraction of sp³-hybridized carbons (Fsp3) is 0.438. The van der Waals surface area contributed by atoms with Crippen LogP contribution in [0, 0.1) is 0 Å². The van der Waals surface area contributed by atoms with Crippen LogP contribution < -0.4 is 15.4 Å². The summed E-state index contributed by atoms with van der Waals surface area (Å²) in [5.41, 5.74) is 0.996. The van der Waals surface area contributed by atoms with Crippen LogP contribution in [0.4, 0.5) is 0 Å². The molecular weight excluding hydrogens is 316 g/mol. The van der Waals surface area contributed by atoms with Gasteiger partial charge in [-0.2, -0.15) is 0 Å². The summed E-state index contributed by atoms with van der Waals surface area (Å²) in [6.45, 7) is 3.13. The van der Waals surface area contributed by atoms with Gasteiger partial charge in [0.05, 0.1) is 26.5 Å². The number of amidine groups is 1. The Hall–Kier alpha value is -2.08. The third-order valence-electron chi connectivity index (χ3n) is 3.45. The van der Waals surface area contributed by atoms with Gasteiger partial charge in [0.15, 0.2) is 4.87 Å². The molecular formula is C16H21ClN4O2. The number of rotatable bonds is 6. The van der Waals surface area contributed by atoms with Crippen LogP contribution in [0.2, 0.25) is 0 Å². The molecule has 7 heteroatoms. The normalized spacial score (nSPS) is 21.8. The fourth-order valence-electron chi connectivity index (χ4n) is 2.10.